The third-order valence-corrected chi connectivity index (χ3v) is 7.14. The zero-order valence-corrected chi connectivity index (χ0v) is 29.0. The first-order chi connectivity index (χ1) is 25.5. The van der Waals surface area contributed by atoms with Crippen molar-refractivity contribution in [1.29, 1.82) is 0 Å². The van der Waals surface area contributed by atoms with Crippen LogP contribution >= 0.6 is 0 Å². The quantitative estimate of drug-likeness (QED) is 0.0586. The molecule has 0 radical (unpaired) electrons. The molecule has 2 aromatic heterocycles. The van der Waals surface area contributed by atoms with E-state index in [9.17, 15) is 24.7 Å². The first-order valence-corrected chi connectivity index (χ1v) is 16.1. The van der Waals surface area contributed by atoms with E-state index in [-0.39, 0.29) is 78.1 Å². The molecule has 0 saturated carbocycles. The van der Waals surface area contributed by atoms with E-state index < -0.39 is 32.8 Å². The van der Waals surface area contributed by atoms with Gasteiger partial charge in [-0.2, -0.15) is 9.97 Å². The third-order valence-electron chi connectivity index (χ3n) is 7.14. The average Bonchev–Trinajstić information content (AvgIpc) is 3.14. The van der Waals surface area contributed by atoms with Crippen molar-refractivity contribution in [2.45, 2.75) is 33.8 Å². The second-order valence-corrected chi connectivity index (χ2v) is 10.8. The number of aliphatic hydroxyl groups excluding tert-OH is 1. The Bertz CT molecular complexity index is 1860. The fourth-order valence-corrected chi connectivity index (χ4v) is 4.70. The molecule has 53 heavy (non-hydrogen) atoms. The average molecular weight is 724 g/mol. The molecule has 0 bridgehead atoms. The highest BCUT2D eigenvalue weighted by atomic mass is 16.6. The Morgan fingerprint density at radius 3 is 1.57 bits per heavy atom. The van der Waals surface area contributed by atoms with Crippen LogP contribution in [0.5, 0.6) is 35.0 Å². The number of rotatable bonds is 18. The Kier molecular flexibility index (Phi) is 14.5. The smallest absolute Gasteiger partial charge is 0.478 e. The van der Waals surface area contributed by atoms with E-state index in [2.05, 4.69) is 19.7 Å². The van der Waals surface area contributed by atoms with Crippen molar-refractivity contribution in [3.63, 3.8) is 0 Å². The van der Waals surface area contributed by atoms with Gasteiger partial charge in [0.1, 0.15) is 37.9 Å². The molecule has 2 aromatic carbocycles. The number of carbonyl (C=O) groups is 2. The number of aliphatic hydroxyl groups is 1. The molecule has 272 valence electrons. The minimum Gasteiger partial charge on any atom is -0.483 e. The highest BCUT2D eigenvalue weighted by Crippen LogP contribution is 2.32. The van der Waals surface area contributed by atoms with Crippen molar-refractivity contribution in [3.05, 3.63) is 94.6 Å². The lowest BCUT2D eigenvalue weighted by Crippen LogP contribution is -2.47. The van der Waals surface area contributed by atoms with Gasteiger partial charge in [0.05, 0.1) is 19.8 Å². The number of carbonyl (C=O) groups excluding carboxylic acids is 2. The maximum atomic E-state index is 11.0. The summed E-state index contributed by atoms with van der Waals surface area (Å²) in [6.45, 7) is 18.5. The number of nitrogens with zero attached hydrogens (tertiary/aromatic N) is 4. The minimum atomic E-state index is -1.65. The molecule has 0 amide bonds. The van der Waals surface area contributed by atoms with Gasteiger partial charge in [0.2, 0.25) is 34.9 Å². The largest absolute Gasteiger partial charge is 0.483 e. The molecule has 4 rings (SSSR count). The number of pyridine rings is 2. The SMILES string of the molecule is [C-]#[N+]c1ccc(Oc2ccc(B(O)OB(O)c3ccc(Oc4ccc([N+]#[C-])c(OCCOC(C)=O)n4)cc3CO)c(CC)c2)nc1OCCOC(C)=O. The number of hydrogen-bond donors (Lipinski definition) is 3. The van der Waals surface area contributed by atoms with Crippen LogP contribution in [0.15, 0.2) is 60.7 Å². The molecule has 4 aromatic rings. The van der Waals surface area contributed by atoms with Crippen LogP contribution in [0.1, 0.15) is 31.9 Å². The van der Waals surface area contributed by atoms with E-state index in [1.807, 2.05) is 6.92 Å². The van der Waals surface area contributed by atoms with Gasteiger partial charge in [-0.15, -0.1) is 0 Å². The molecule has 0 unspecified atom stereocenters. The number of ether oxygens (including phenoxy) is 6. The van der Waals surface area contributed by atoms with Crippen LogP contribution in [0, 0.1) is 13.1 Å². The van der Waals surface area contributed by atoms with E-state index >= 15 is 0 Å². The van der Waals surface area contributed by atoms with E-state index in [4.69, 9.17) is 46.1 Å². The summed E-state index contributed by atoms with van der Waals surface area (Å²) in [5.41, 5.74) is 1.67. The van der Waals surface area contributed by atoms with Crippen molar-refractivity contribution in [2.24, 2.45) is 0 Å². The number of esters is 2. The first kappa shape index (κ1) is 39.6. The third kappa shape index (κ3) is 11.4. The van der Waals surface area contributed by atoms with Gasteiger partial charge in [0.25, 0.3) is 0 Å². The summed E-state index contributed by atoms with van der Waals surface area (Å²) in [6.07, 6.45) is 0.454. The van der Waals surface area contributed by atoms with Crippen LogP contribution in [0.4, 0.5) is 11.4 Å². The van der Waals surface area contributed by atoms with Gasteiger partial charge in [-0.25, -0.2) is 9.69 Å². The Morgan fingerprint density at radius 1 is 0.698 bits per heavy atom. The molecule has 0 aliphatic heterocycles. The van der Waals surface area contributed by atoms with Gasteiger partial charge in [-0.1, -0.05) is 19.1 Å². The number of benzene rings is 2. The fraction of sp³-hybridized carbons (Fsp3) is 0.257. The van der Waals surface area contributed by atoms with E-state index in [0.29, 0.717) is 23.2 Å². The molecule has 0 spiro atoms. The number of hydrogen-bond acceptors (Lipinski definition) is 14. The van der Waals surface area contributed by atoms with E-state index in [0.717, 1.165) is 0 Å². The van der Waals surface area contributed by atoms with Crippen LogP contribution < -0.4 is 29.9 Å². The molecule has 3 N–H and O–H groups in total. The highest BCUT2D eigenvalue weighted by molar-refractivity contribution is 6.73. The summed E-state index contributed by atoms with van der Waals surface area (Å²) in [5.74, 6) is -0.133. The Hall–Kier alpha value is -6.17. The maximum Gasteiger partial charge on any atom is 0.478 e. The van der Waals surface area contributed by atoms with Crippen LogP contribution in [0.2, 0.25) is 0 Å². The normalized spacial score (nSPS) is 10.3. The summed E-state index contributed by atoms with van der Waals surface area (Å²) in [6, 6.07) is 15.1. The van der Waals surface area contributed by atoms with Crippen molar-refractivity contribution in [1.82, 2.24) is 9.97 Å². The van der Waals surface area contributed by atoms with Crippen LogP contribution in [0.25, 0.3) is 9.69 Å². The van der Waals surface area contributed by atoms with Gasteiger partial charge in [-0.3, -0.25) is 9.59 Å². The zero-order valence-electron chi connectivity index (χ0n) is 29.0. The molecular weight excluding hydrogens is 690 g/mol. The molecule has 18 heteroatoms. The van der Waals surface area contributed by atoms with Crippen molar-refractivity contribution in [3.8, 4) is 35.0 Å². The van der Waals surface area contributed by atoms with Gasteiger partial charge < -0.3 is 48.1 Å². The number of aromatic nitrogens is 2. The Morgan fingerprint density at radius 2 is 1.15 bits per heavy atom. The molecule has 0 atom stereocenters. The molecule has 16 nitrogen and oxygen atoms in total. The summed E-state index contributed by atoms with van der Waals surface area (Å²) in [7, 11) is -3.23. The summed E-state index contributed by atoms with van der Waals surface area (Å²) >= 11 is 0. The zero-order chi connectivity index (χ0) is 38.3. The predicted molar refractivity (Wildman–Crippen MR) is 190 cm³/mol. The van der Waals surface area contributed by atoms with Gasteiger partial charge in [-0.05, 0) is 77.0 Å². The summed E-state index contributed by atoms with van der Waals surface area (Å²) < 4.78 is 37.9. The lowest BCUT2D eigenvalue weighted by atomic mass is 9.68. The monoisotopic (exact) mass is 724 g/mol. The van der Waals surface area contributed by atoms with Crippen molar-refractivity contribution < 1.29 is 57.7 Å². The van der Waals surface area contributed by atoms with Crippen molar-refractivity contribution in [2.75, 3.05) is 26.4 Å². The second-order valence-electron chi connectivity index (χ2n) is 10.8. The summed E-state index contributed by atoms with van der Waals surface area (Å²) in [5, 5.41) is 32.0. The lowest BCUT2D eigenvalue weighted by molar-refractivity contribution is -0.142. The maximum absolute atomic E-state index is 11.0. The molecule has 2 heterocycles. The van der Waals surface area contributed by atoms with Crippen molar-refractivity contribution >= 4 is 48.5 Å². The second kappa shape index (κ2) is 19.4. The Labute approximate surface area is 305 Å². The fourth-order valence-electron chi connectivity index (χ4n) is 4.70. The molecular formula is C35H34B2N4O12. The molecule has 0 fully saturated rings. The lowest BCUT2D eigenvalue weighted by Gasteiger charge is -2.18. The van der Waals surface area contributed by atoms with E-state index in [1.54, 1.807) is 18.2 Å². The number of aryl methyl sites for hydroxylation is 1. The van der Waals surface area contributed by atoms with Gasteiger partial charge in [0.15, 0.2) is 0 Å². The van der Waals surface area contributed by atoms with E-state index in [1.165, 1.54) is 56.3 Å². The molecule has 0 aliphatic rings. The highest BCUT2D eigenvalue weighted by Gasteiger charge is 2.29. The van der Waals surface area contributed by atoms with Crippen LogP contribution in [-0.2, 0) is 36.7 Å². The Balaban J connectivity index is 1.43. The molecule has 0 aliphatic carbocycles. The van der Waals surface area contributed by atoms with Gasteiger partial charge >= 0.3 is 26.2 Å². The van der Waals surface area contributed by atoms with Gasteiger partial charge in [0, 0.05) is 13.8 Å². The topological polar surface area (TPSA) is 194 Å². The minimum absolute atomic E-state index is 0.00953. The summed E-state index contributed by atoms with van der Waals surface area (Å²) in [4.78, 5) is 37.2. The van der Waals surface area contributed by atoms with Crippen LogP contribution in [-0.4, -0.2) is 77.7 Å². The standard InChI is InChI=1S/C35H34B2N4O12/c1-6-24-19-26(51-32-13-11-30(38-4)34(40-32)49-17-15-47-22(2)43)7-9-28(24)36(45)53-37(46)29-10-8-27(20-25(29)21-42)52-33-14-12-31(39-5)35(41-33)50-18-16-48-23(3)44/h7-14,19-20,42,45-46H,6,15-18,21H2,1-3H3. The first-order valence-electron chi connectivity index (χ1n) is 16.1. The van der Waals surface area contributed by atoms with Crippen LogP contribution in [0.3, 0.4) is 0 Å². The predicted octanol–water partition coefficient (Wildman–Crippen LogP) is 3.19. The molecule has 0 saturated heterocycles.